The third-order valence-electron chi connectivity index (χ3n) is 19.3. The lowest BCUT2D eigenvalue weighted by atomic mass is 10.0. The highest BCUT2D eigenvalue weighted by Crippen LogP contribution is 2.21. The fourth-order valence-electron chi connectivity index (χ4n) is 12.5. The molecule has 0 bridgehead atoms. The number of carbonyl (C=O) groups excluding carboxylic acids is 16. The van der Waals surface area contributed by atoms with Gasteiger partial charge in [0.05, 0.1) is 45.4 Å². The molecule has 0 spiro atoms. The molecule has 54 nitrogen and oxygen atoms in total. The number of aliphatic hydroxyl groups excluding tert-OH is 1. The first-order chi connectivity index (χ1) is 61.1. The van der Waals surface area contributed by atoms with E-state index in [4.69, 9.17) is 72.9 Å². The first kappa shape index (κ1) is 111. The zero-order valence-electron chi connectivity index (χ0n) is 72.4. The Kier molecular flexibility index (Phi) is 53.1. The van der Waals surface area contributed by atoms with Crippen molar-refractivity contribution < 1.29 is 96.8 Å². The number of carboxylic acid groups (broad SMARTS) is 1. The molecule has 0 saturated carbocycles. The summed E-state index contributed by atoms with van der Waals surface area (Å²) in [5, 5.41) is 119. The van der Waals surface area contributed by atoms with Gasteiger partial charge in [0.2, 0.25) is 94.5 Å². The standard InChI is InChI=1S/C75H132N34O20/c1-40(99-61(119)46(15-7-27-89-71(79)80)106-68(126)52-20-12-32-109(52)69(127)59(41(2)110)108-58(117)39-98-57(116)38-97-56(115)37-96-55(114)36-95-54(113)35-94-53(112)34-78)60(118)100-47(16-8-28-90-72(81)82)64(122)103-49(18-10-30-92-74(85)86)66(124)104-48(17-9-29-91-73(83)84)65(123)102-44(13-3-5-25-76)62(120)101-45(14-4-6-26-77)63(121)105-50(19-11-31-93-75(87)88)67(125)107-51(70(128)129)33-42-21-23-43(111)24-22-42/h21-24,40-41,44-52,59,110-111H,3-20,25-39,76-78H2,1-2H3,(H,94,112)(H,95,113)(H,96,114)(H,97,115)(H,98,116)(H,99,119)(H,100,118)(H,101,120)(H,102,123)(H,103,122)(H,104,124)(H,105,121)(H,106,126)(H,107,125)(H,108,117)(H,128,129)(H4,79,80,89)(H4,81,82,90)(H4,83,84,91)(H4,85,86,92)(H4,87,88,93)/t40-,41+,44-,45-,46-,47-,48-,49-,50-,51-,52-,59-/m0/s1. The molecule has 16 amide bonds. The zero-order valence-corrected chi connectivity index (χ0v) is 72.4. The van der Waals surface area contributed by atoms with Crippen LogP contribution in [0.2, 0.25) is 0 Å². The summed E-state index contributed by atoms with van der Waals surface area (Å²) in [6.07, 6.45) is -1.67. The van der Waals surface area contributed by atoms with Crippen molar-refractivity contribution in [1.82, 2.24) is 111 Å². The van der Waals surface area contributed by atoms with Crippen molar-refractivity contribution in [2.45, 2.75) is 208 Å². The van der Waals surface area contributed by atoms with Crippen LogP contribution in [0.4, 0.5) is 0 Å². The predicted octanol–water partition coefficient (Wildman–Crippen LogP) is -13.6. The largest absolute Gasteiger partial charge is 0.508 e. The molecular formula is C75H132N34O20. The van der Waals surface area contributed by atoms with Crippen LogP contribution in [0.15, 0.2) is 24.3 Å². The van der Waals surface area contributed by atoms with E-state index in [1.165, 1.54) is 31.2 Å². The van der Waals surface area contributed by atoms with Gasteiger partial charge in [-0.3, -0.25) is 104 Å². The maximum atomic E-state index is 14.9. The number of hydrogen-bond acceptors (Lipinski definition) is 27. The third-order valence-corrected chi connectivity index (χ3v) is 19.3. The molecule has 2 rings (SSSR count). The number of unbranched alkanes of at least 4 members (excludes halogenated alkanes) is 2. The van der Waals surface area contributed by atoms with Crippen LogP contribution in [-0.2, 0) is 87.9 Å². The van der Waals surface area contributed by atoms with Crippen LogP contribution in [0.25, 0.3) is 0 Å². The maximum absolute atomic E-state index is 14.9. The Bertz CT molecular complexity index is 3960. The molecule has 0 unspecified atom stereocenters. The lowest BCUT2D eigenvalue weighted by Gasteiger charge is -2.31. The van der Waals surface area contributed by atoms with E-state index in [1.54, 1.807) is 0 Å². The van der Waals surface area contributed by atoms with Gasteiger partial charge in [-0.1, -0.05) is 12.1 Å². The number of benzene rings is 1. The maximum Gasteiger partial charge on any atom is 0.326 e. The summed E-state index contributed by atoms with van der Waals surface area (Å²) in [7, 11) is 0. The number of hydrogen-bond donors (Lipinski definition) is 36. The van der Waals surface area contributed by atoms with E-state index in [1.807, 2.05) is 0 Å². The molecule has 12 atom stereocenters. The summed E-state index contributed by atoms with van der Waals surface area (Å²) in [6, 6.07) is -11.2. The quantitative estimate of drug-likeness (QED) is 0.0164. The number of guanidine groups is 5. The molecule has 1 heterocycles. The number of likely N-dealkylation sites (tertiary alicyclic amines) is 1. The average Bonchev–Trinajstić information content (AvgIpc) is 1.70. The number of rotatable bonds is 63. The number of phenols is 1. The van der Waals surface area contributed by atoms with Gasteiger partial charge in [0.25, 0.3) is 0 Å². The molecule has 722 valence electrons. The highest BCUT2D eigenvalue weighted by molar-refractivity contribution is 6.00. The number of carbonyl (C=O) groups is 17. The fourth-order valence-corrected chi connectivity index (χ4v) is 12.5. The Morgan fingerprint density at radius 2 is 0.674 bits per heavy atom. The molecule has 1 aliphatic heterocycles. The van der Waals surface area contributed by atoms with Crippen LogP contribution in [0, 0.1) is 27.0 Å². The summed E-state index contributed by atoms with van der Waals surface area (Å²) in [5.41, 5.74) is 44.9. The lowest BCUT2D eigenvalue weighted by Crippen LogP contribution is -2.60. The Hall–Kier alpha value is -13.8. The second-order valence-corrected chi connectivity index (χ2v) is 30.0. The topological polar surface area (TPSA) is 922 Å². The van der Waals surface area contributed by atoms with Crippen molar-refractivity contribution in [3.05, 3.63) is 29.8 Å². The number of nitrogens with one attached hydrogen (secondary N) is 25. The van der Waals surface area contributed by atoms with E-state index in [0.717, 1.165) is 11.8 Å². The monoisotopic (exact) mass is 1830 g/mol. The van der Waals surface area contributed by atoms with E-state index in [-0.39, 0.29) is 174 Å². The van der Waals surface area contributed by atoms with Crippen molar-refractivity contribution >= 4 is 130 Å². The number of nitrogens with two attached hydrogens (primary N) is 8. The molecule has 1 aliphatic rings. The molecule has 1 aromatic carbocycles. The van der Waals surface area contributed by atoms with Gasteiger partial charge in [0.1, 0.15) is 72.2 Å². The van der Waals surface area contributed by atoms with Gasteiger partial charge in [0, 0.05) is 45.7 Å². The van der Waals surface area contributed by atoms with Gasteiger partial charge in [-0.15, -0.1) is 0 Å². The average molecular weight is 1830 g/mol. The van der Waals surface area contributed by atoms with Crippen LogP contribution in [0.3, 0.4) is 0 Å². The minimum Gasteiger partial charge on any atom is -0.508 e. The number of carboxylic acids is 1. The van der Waals surface area contributed by atoms with Crippen LogP contribution < -0.4 is 152 Å². The van der Waals surface area contributed by atoms with Gasteiger partial charge >= 0.3 is 5.97 Å². The van der Waals surface area contributed by atoms with E-state index in [0.29, 0.717) is 18.4 Å². The Labute approximate surface area is 744 Å². The van der Waals surface area contributed by atoms with Crippen LogP contribution in [0.1, 0.15) is 135 Å². The summed E-state index contributed by atoms with van der Waals surface area (Å²) < 4.78 is 0. The summed E-state index contributed by atoms with van der Waals surface area (Å²) in [4.78, 5) is 232. The molecule has 129 heavy (non-hydrogen) atoms. The van der Waals surface area contributed by atoms with E-state index in [2.05, 4.69) is 106 Å². The smallest absolute Gasteiger partial charge is 0.326 e. The van der Waals surface area contributed by atoms with Crippen molar-refractivity contribution in [2.24, 2.45) is 45.9 Å². The molecule has 54 heteroatoms. The number of phenolic OH excluding ortho intramolecular Hbond substituents is 1. The highest BCUT2D eigenvalue weighted by Gasteiger charge is 2.42. The van der Waals surface area contributed by atoms with Crippen LogP contribution in [0.5, 0.6) is 5.75 Å². The molecular weight excluding hydrogens is 1700 g/mol. The summed E-state index contributed by atoms with van der Waals surface area (Å²) >= 11 is 0. The van der Waals surface area contributed by atoms with Crippen LogP contribution in [-0.4, -0.2) is 315 Å². The Morgan fingerprint density at radius 1 is 0.380 bits per heavy atom. The lowest BCUT2D eigenvalue weighted by molar-refractivity contribution is -0.144. The Morgan fingerprint density at radius 3 is 0.984 bits per heavy atom. The van der Waals surface area contributed by atoms with Crippen molar-refractivity contribution in [3.8, 4) is 5.75 Å². The number of aliphatic carboxylic acids is 1. The molecule has 0 aromatic heterocycles. The molecule has 1 saturated heterocycles. The normalized spacial score (nSPS) is 14.5. The molecule has 0 aliphatic carbocycles. The second kappa shape index (κ2) is 61.5. The fraction of sp³-hybridized carbons (Fsp3) is 0.627. The number of aromatic hydroxyl groups is 1. The predicted molar refractivity (Wildman–Crippen MR) is 467 cm³/mol. The number of amides is 16. The molecule has 0 radical (unpaired) electrons. The van der Waals surface area contributed by atoms with Crippen molar-refractivity contribution in [2.75, 3.05) is 91.6 Å². The van der Waals surface area contributed by atoms with E-state index < -0.39 is 236 Å². The van der Waals surface area contributed by atoms with Crippen LogP contribution >= 0.6 is 0 Å². The molecule has 44 N–H and O–H groups in total. The first-order valence-corrected chi connectivity index (χ1v) is 41.9. The van der Waals surface area contributed by atoms with Crippen molar-refractivity contribution in [1.29, 1.82) is 27.0 Å². The third kappa shape index (κ3) is 47.4. The SMILES string of the molecule is C[C@H](NC(=O)[C@H](CCCNC(=N)N)NC(=O)[C@@H]1CCCN1C(=O)[C@@H](NC(=O)CNC(=O)CNC(=O)CNC(=O)CNC(=O)CNC(=O)CN)[C@@H](C)O)C(=O)N[C@@H](CCCNC(=N)N)C(=O)N[C@@H](CCCNC(=N)N)C(=O)N[C@@H](CCCNC(=N)N)C(=O)N[C@@H](CCCCN)C(=O)N[C@@H](CCCCN)C(=O)N[C@@H](CCCNC(=N)N)C(=O)N[C@@H](Cc1ccc(O)cc1)C(=O)O. The van der Waals surface area contributed by atoms with E-state index >= 15 is 0 Å². The van der Waals surface area contributed by atoms with E-state index in [9.17, 15) is 96.8 Å². The summed E-state index contributed by atoms with van der Waals surface area (Å²) in [6.45, 7) is -1.01. The minimum absolute atomic E-state index is 0.00138. The highest BCUT2D eigenvalue weighted by atomic mass is 16.4. The van der Waals surface area contributed by atoms with Gasteiger partial charge < -0.3 is 172 Å². The van der Waals surface area contributed by atoms with Gasteiger partial charge in [0.15, 0.2) is 29.8 Å². The Balaban J connectivity index is 2.51. The molecule has 1 aromatic rings. The minimum atomic E-state index is -1.72. The number of aliphatic hydroxyl groups is 1. The van der Waals surface area contributed by atoms with Gasteiger partial charge in [-0.25, -0.2) is 4.79 Å². The molecule has 1 fully saturated rings. The second-order valence-electron chi connectivity index (χ2n) is 30.0. The first-order valence-electron chi connectivity index (χ1n) is 41.9. The number of nitrogens with zero attached hydrogens (tertiary/aromatic N) is 1. The van der Waals surface area contributed by atoms with Crippen molar-refractivity contribution in [3.63, 3.8) is 0 Å². The summed E-state index contributed by atoms with van der Waals surface area (Å²) in [5.74, 6) is -18.3. The van der Waals surface area contributed by atoms with Gasteiger partial charge in [-0.05, 0) is 160 Å². The zero-order chi connectivity index (χ0) is 96.7. The van der Waals surface area contributed by atoms with Gasteiger partial charge in [-0.2, -0.15) is 0 Å².